The van der Waals surface area contributed by atoms with E-state index in [4.69, 9.17) is 5.11 Å². The summed E-state index contributed by atoms with van der Waals surface area (Å²) >= 11 is 0. The van der Waals surface area contributed by atoms with Crippen molar-refractivity contribution in [2.45, 2.75) is 56.9 Å². The zero-order valence-electron chi connectivity index (χ0n) is 15.9. The number of carbonyl (C=O) groups excluding carboxylic acids is 1. The number of hydrogen-bond acceptors (Lipinski definition) is 4. The molecular formula is C19H28N2O5S. The fourth-order valence-corrected chi connectivity index (χ4v) is 4.74. The Hall–Kier alpha value is -1.93. The van der Waals surface area contributed by atoms with E-state index >= 15 is 0 Å². The van der Waals surface area contributed by atoms with Crippen LogP contribution in [0, 0.1) is 0 Å². The molecule has 0 aliphatic carbocycles. The molecule has 1 aromatic rings. The van der Waals surface area contributed by atoms with Crippen LogP contribution in [0.1, 0.15) is 56.3 Å². The number of aliphatic carboxylic acids is 1. The molecule has 1 saturated heterocycles. The second-order valence-corrected chi connectivity index (χ2v) is 8.87. The Morgan fingerprint density at radius 2 is 1.81 bits per heavy atom. The van der Waals surface area contributed by atoms with Gasteiger partial charge < -0.3 is 10.0 Å². The lowest BCUT2D eigenvalue weighted by molar-refractivity contribution is -0.138. The van der Waals surface area contributed by atoms with Crippen molar-refractivity contribution in [3.05, 3.63) is 29.8 Å². The molecule has 150 valence electrons. The van der Waals surface area contributed by atoms with E-state index in [1.54, 1.807) is 6.92 Å². The Morgan fingerprint density at radius 1 is 1.19 bits per heavy atom. The number of nitrogens with zero attached hydrogens (tertiary/aromatic N) is 2. The number of carboxylic acids is 1. The van der Waals surface area contributed by atoms with E-state index in [1.165, 1.54) is 33.5 Å². The minimum absolute atomic E-state index is 0.0784. The van der Waals surface area contributed by atoms with E-state index in [0.29, 0.717) is 19.5 Å². The monoisotopic (exact) mass is 396 g/mol. The topological polar surface area (TPSA) is 95.0 Å². The van der Waals surface area contributed by atoms with Crippen molar-refractivity contribution in [3.63, 3.8) is 0 Å². The van der Waals surface area contributed by atoms with Gasteiger partial charge >= 0.3 is 5.97 Å². The lowest BCUT2D eigenvalue weighted by atomic mass is 10.1. The van der Waals surface area contributed by atoms with Crippen molar-refractivity contribution in [1.29, 1.82) is 0 Å². The van der Waals surface area contributed by atoms with Crippen molar-refractivity contribution < 1.29 is 23.1 Å². The van der Waals surface area contributed by atoms with Crippen LogP contribution in [0.25, 0.3) is 0 Å². The number of amides is 1. The minimum atomic E-state index is -3.67. The summed E-state index contributed by atoms with van der Waals surface area (Å²) in [5, 5.41) is 9.11. The number of carboxylic acid groups (broad SMARTS) is 1. The van der Waals surface area contributed by atoms with Crippen LogP contribution in [0.3, 0.4) is 0 Å². The van der Waals surface area contributed by atoms with Crippen molar-refractivity contribution in [2.24, 2.45) is 0 Å². The van der Waals surface area contributed by atoms with E-state index in [9.17, 15) is 18.0 Å². The highest BCUT2D eigenvalue weighted by Crippen LogP contribution is 2.22. The zero-order chi connectivity index (χ0) is 20.0. The van der Waals surface area contributed by atoms with Gasteiger partial charge in [0, 0.05) is 24.7 Å². The lowest BCUT2D eigenvalue weighted by Crippen LogP contribution is -2.42. The third-order valence-corrected chi connectivity index (χ3v) is 6.87. The minimum Gasteiger partial charge on any atom is -0.480 e. The normalized spacial score (nSPS) is 17.1. The van der Waals surface area contributed by atoms with Gasteiger partial charge in [-0.25, -0.2) is 8.42 Å². The van der Waals surface area contributed by atoms with Gasteiger partial charge in [0.2, 0.25) is 10.0 Å². The molecule has 1 aromatic carbocycles. The van der Waals surface area contributed by atoms with Gasteiger partial charge in [0.05, 0.1) is 4.90 Å². The number of benzene rings is 1. The predicted molar refractivity (Wildman–Crippen MR) is 102 cm³/mol. The molecule has 1 N–H and O–H groups in total. The molecule has 1 aliphatic rings. The molecule has 1 fully saturated rings. The highest BCUT2D eigenvalue weighted by Gasteiger charge is 2.28. The molecule has 27 heavy (non-hydrogen) atoms. The molecule has 0 saturated carbocycles. The van der Waals surface area contributed by atoms with Crippen LogP contribution in [0.5, 0.6) is 0 Å². The molecule has 7 nitrogen and oxygen atoms in total. The summed E-state index contributed by atoms with van der Waals surface area (Å²) in [5.41, 5.74) is 0.187. The molecule has 8 heteroatoms. The average molecular weight is 397 g/mol. The third-order valence-electron chi connectivity index (χ3n) is 4.97. The molecule has 0 spiro atoms. The summed E-state index contributed by atoms with van der Waals surface area (Å²) in [6.07, 6.45) is 4.30. The molecular weight excluding hydrogens is 368 g/mol. The maximum atomic E-state index is 13.0. The fourth-order valence-electron chi connectivity index (χ4n) is 3.18. The first-order chi connectivity index (χ1) is 12.8. The maximum absolute atomic E-state index is 13.0. The SMILES string of the molecule is CCC(C)N(CC(=O)O)C(=O)c1cccc(S(=O)(=O)N2CCCCCC2)c1. The molecule has 1 heterocycles. The zero-order valence-corrected chi connectivity index (χ0v) is 16.7. The van der Waals surface area contributed by atoms with E-state index in [0.717, 1.165) is 25.7 Å². The maximum Gasteiger partial charge on any atom is 0.323 e. The van der Waals surface area contributed by atoms with Gasteiger partial charge in [-0.3, -0.25) is 9.59 Å². The van der Waals surface area contributed by atoms with Crippen LogP contribution < -0.4 is 0 Å². The molecule has 0 radical (unpaired) electrons. The summed E-state index contributed by atoms with van der Waals surface area (Å²) in [4.78, 5) is 25.3. The van der Waals surface area contributed by atoms with Crippen LogP contribution in [0.15, 0.2) is 29.2 Å². The first kappa shape index (κ1) is 21.4. The molecule has 1 unspecified atom stereocenters. The van der Waals surface area contributed by atoms with Crippen LogP contribution >= 0.6 is 0 Å². The van der Waals surface area contributed by atoms with Gasteiger partial charge in [-0.2, -0.15) is 4.31 Å². The fraction of sp³-hybridized carbons (Fsp3) is 0.579. The smallest absolute Gasteiger partial charge is 0.323 e. The van der Waals surface area contributed by atoms with Crippen LogP contribution in [0.4, 0.5) is 0 Å². The van der Waals surface area contributed by atoms with Gasteiger partial charge in [0.25, 0.3) is 5.91 Å². The largest absolute Gasteiger partial charge is 0.480 e. The Morgan fingerprint density at radius 3 is 2.37 bits per heavy atom. The van der Waals surface area contributed by atoms with Crippen molar-refractivity contribution in [2.75, 3.05) is 19.6 Å². The second-order valence-electron chi connectivity index (χ2n) is 6.93. The van der Waals surface area contributed by atoms with Crippen molar-refractivity contribution >= 4 is 21.9 Å². The van der Waals surface area contributed by atoms with Gasteiger partial charge in [0.1, 0.15) is 6.54 Å². The Balaban J connectivity index is 2.32. The van der Waals surface area contributed by atoms with Crippen molar-refractivity contribution in [1.82, 2.24) is 9.21 Å². The predicted octanol–water partition coefficient (Wildman–Crippen LogP) is 2.58. The third kappa shape index (κ3) is 5.29. The highest BCUT2D eigenvalue weighted by molar-refractivity contribution is 7.89. The summed E-state index contributed by atoms with van der Waals surface area (Å²) in [6, 6.07) is 5.65. The van der Waals surface area contributed by atoms with Crippen LogP contribution in [0.2, 0.25) is 0 Å². The molecule has 1 atom stereocenters. The average Bonchev–Trinajstić information content (AvgIpc) is 2.95. The second kappa shape index (κ2) is 9.32. The van der Waals surface area contributed by atoms with Crippen LogP contribution in [-0.2, 0) is 14.8 Å². The summed E-state index contributed by atoms with van der Waals surface area (Å²) in [7, 11) is -3.67. The standard InChI is InChI=1S/C19H28N2O5S/c1-3-15(2)21(14-18(22)23)19(24)16-9-8-10-17(13-16)27(25,26)20-11-6-4-5-7-12-20/h8-10,13,15H,3-7,11-12,14H2,1-2H3,(H,22,23). The summed E-state index contributed by atoms with van der Waals surface area (Å²) in [6.45, 7) is 4.19. The van der Waals surface area contributed by atoms with E-state index in [2.05, 4.69) is 0 Å². The van der Waals surface area contributed by atoms with Gasteiger partial charge in [-0.05, 0) is 44.4 Å². The highest BCUT2D eigenvalue weighted by atomic mass is 32.2. The van der Waals surface area contributed by atoms with Crippen molar-refractivity contribution in [3.8, 4) is 0 Å². The molecule has 1 aliphatic heterocycles. The van der Waals surface area contributed by atoms with E-state index in [1.807, 2.05) is 6.92 Å². The first-order valence-corrected chi connectivity index (χ1v) is 10.8. The summed E-state index contributed by atoms with van der Waals surface area (Å²) in [5.74, 6) is -1.57. The summed E-state index contributed by atoms with van der Waals surface area (Å²) < 4.78 is 27.4. The van der Waals surface area contributed by atoms with Gasteiger partial charge in [0.15, 0.2) is 0 Å². The Kier molecular flexibility index (Phi) is 7.38. The number of sulfonamides is 1. The molecule has 1 amide bonds. The Labute approximate surface area is 161 Å². The number of hydrogen-bond donors (Lipinski definition) is 1. The molecule has 0 aromatic heterocycles. The molecule has 2 rings (SSSR count). The Bertz CT molecular complexity index is 770. The number of rotatable bonds is 7. The van der Waals surface area contributed by atoms with E-state index in [-0.39, 0.29) is 16.5 Å². The quantitative estimate of drug-likeness (QED) is 0.764. The lowest BCUT2D eigenvalue weighted by Gasteiger charge is -2.27. The van der Waals surface area contributed by atoms with Gasteiger partial charge in [-0.1, -0.05) is 25.8 Å². The molecule has 0 bridgehead atoms. The number of carbonyl (C=O) groups is 2. The van der Waals surface area contributed by atoms with E-state index < -0.39 is 28.4 Å². The van der Waals surface area contributed by atoms with Gasteiger partial charge in [-0.15, -0.1) is 0 Å². The van der Waals surface area contributed by atoms with Crippen LogP contribution in [-0.4, -0.2) is 60.3 Å². The first-order valence-electron chi connectivity index (χ1n) is 9.40.